The summed E-state index contributed by atoms with van der Waals surface area (Å²) >= 11 is 11.9. The first kappa shape index (κ1) is 21.3. The van der Waals surface area contributed by atoms with E-state index >= 15 is 0 Å². The Bertz CT molecular complexity index is 659. The standard InChI is InChI=1S/C18H23Cl2N3O2.ClH/c1-11(13-9-21-10-13)18(25)23-6-4-12(5-7-23)17(24)22-14-2-3-15(19)16(20)8-14;/h2-3,8,11-13,21H,4-7,9-10H2,1H3,(H,22,24);1H. The van der Waals surface area contributed by atoms with Gasteiger partial charge in [-0.3, -0.25) is 9.59 Å². The van der Waals surface area contributed by atoms with Crippen molar-refractivity contribution in [2.45, 2.75) is 19.8 Å². The Balaban J connectivity index is 0.00000243. The fraction of sp³-hybridized carbons (Fsp3) is 0.556. The van der Waals surface area contributed by atoms with Crippen LogP contribution in [0.2, 0.25) is 10.0 Å². The Morgan fingerprint density at radius 2 is 1.85 bits per heavy atom. The van der Waals surface area contributed by atoms with Gasteiger partial charge in [-0.15, -0.1) is 12.4 Å². The second-order valence-electron chi connectivity index (χ2n) is 6.92. The van der Waals surface area contributed by atoms with Gasteiger partial charge in [0, 0.05) is 30.6 Å². The van der Waals surface area contributed by atoms with Gasteiger partial charge in [-0.25, -0.2) is 0 Å². The van der Waals surface area contributed by atoms with Crippen LogP contribution < -0.4 is 10.6 Å². The third-order valence-electron chi connectivity index (χ3n) is 5.27. The first-order chi connectivity index (χ1) is 12.0. The molecule has 1 unspecified atom stereocenters. The second kappa shape index (κ2) is 9.27. The van der Waals surface area contributed by atoms with E-state index in [4.69, 9.17) is 23.2 Å². The molecule has 2 heterocycles. The molecule has 26 heavy (non-hydrogen) atoms. The lowest BCUT2D eigenvalue weighted by atomic mass is 9.87. The summed E-state index contributed by atoms with van der Waals surface area (Å²) in [5, 5.41) is 6.98. The maximum absolute atomic E-state index is 12.5. The Labute approximate surface area is 170 Å². The molecule has 3 rings (SSSR count). The van der Waals surface area contributed by atoms with Crippen LogP contribution in [0.25, 0.3) is 0 Å². The molecule has 1 aromatic carbocycles. The van der Waals surface area contributed by atoms with Crippen LogP contribution in [0.15, 0.2) is 18.2 Å². The van der Waals surface area contributed by atoms with Crippen LogP contribution in [-0.4, -0.2) is 42.9 Å². The van der Waals surface area contributed by atoms with Crippen LogP contribution in [0.1, 0.15) is 19.8 Å². The first-order valence-electron chi connectivity index (χ1n) is 8.71. The van der Waals surface area contributed by atoms with E-state index in [2.05, 4.69) is 10.6 Å². The lowest BCUT2D eigenvalue weighted by Crippen LogP contribution is -2.52. The van der Waals surface area contributed by atoms with E-state index < -0.39 is 0 Å². The monoisotopic (exact) mass is 419 g/mol. The predicted molar refractivity (Wildman–Crippen MR) is 107 cm³/mol. The maximum Gasteiger partial charge on any atom is 0.227 e. The second-order valence-corrected chi connectivity index (χ2v) is 7.74. The largest absolute Gasteiger partial charge is 0.342 e. The van der Waals surface area contributed by atoms with Gasteiger partial charge in [-0.1, -0.05) is 30.1 Å². The highest BCUT2D eigenvalue weighted by Crippen LogP contribution is 2.27. The molecule has 144 valence electrons. The number of nitrogens with zero attached hydrogens (tertiary/aromatic N) is 1. The highest BCUT2D eigenvalue weighted by molar-refractivity contribution is 6.42. The van der Waals surface area contributed by atoms with Crippen molar-refractivity contribution < 1.29 is 9.59 Å². The molecule has 1 atom stereocenters. The molecule has 2 saturated heterocycles. The summed E-state index contributed by atoms with van der Waals surface area (Å²) in [5.41, 5.74) is 0.643. The van der Waals surface area contributed by atoms with Crippen LogP contribution in [0.4, 0.5) is 5.69 Å². The SMILES string of the molecule is CC(C(=O)N1CCC(C(=O)Nc2ccc(Cl)c(Cl)c2)CC1)C1CNC1.Cl. The van der Waals surface area contributed by atoms with E-state index in [0.29, 0.717) is 47.6 Å². The van der Waals surface area contributed by atoms with Crippen molar-refractivity contribution in [2.24, 2.45) is 17.8 Å². The highest BCUT2D eigenvalue weighted by atomic mass is 35.5. The molecular weight excluding hydrogens is 397 g/mol. The topological polar surface area (TPSA) is 61.4 Å². The minimum atomic E-state index is -0.0841. The molecule has 0 aliphatic carbocycles. The summed E-state index contributed by atoms with van der Waals surface area (Å²) < 4.78 is 0. The number of benzene rings is 1. The number of hydrogen-bond acceptors (Lipinski definition) is 3. The number of hydrogen-bond donors (Lipinski definition) is 2. The zero-order valence-corrected chi connectivity index (χ0v) is 17.0. The molecule has 0 bridgehead atoms. The van der Waals surface area contributed by atoms with E-state index in [1.54, 1.807) is 18.2 Å². The van der Waals surface area contributed by atoms with Crippen LogP contribution >= 0.6 is 35.6 Å². The minimum absolute atomic E-state index is 0. The molecule has 2 fully saturated rings. The van der Waals surface area contributed by atoms with Gasteiger partial charge >= 0.3 is 0 Å². The van der Waals surface area contributed by atoms with E-state index in [0.717, 1.165) is 13.1 Å². The van der Waals surface area contributed by atoms with Crippen molar-refractivity contribution in [1.29, 1.82) is 0 Å². The number of piperidine rings is 1. The van der Waals surface area contributed by atoms with Gasteiger partial charge in [-0.2, -0.15) is 0 Å². The number of likely N-dealkylation sites (tertiary alicyclic amines) is 1. The maximum atomic E-state index is 12.5. The smallest absolute Gasteiger partial charge is 0.227 e. The summed E-state index contributed by atoms with van der Waals surface area (Å²) in [5.74, 6) is 0.613. The van der Waals surface area contributed by atoms with Crippen LogP contribution in [0.3, 0.4) is 0 Å². The van der Waals surface area contributed by atoms with Crippen molar-refractivity contribution in [1.82, 2.24) is 10.2 Å². The summed E-state index contributed by atoms with van der Waals surface area (Å²) in [7, 11) is 0. The van der Waals surface area contributed by atoms with Gasteiger partial charge in [-0.05, 0) is 50.0 Å². The van der Waals surface area contributed by atoms with E-state index in [-0.39, 0.29) is 36.1 Å². The lowest BCUT2D eigenvalue weighted by molar-refractivity contribution is -0.140. The highest BCUT2D eigenvalue weighted by Gasteiger charge is 2.34. The van der Waals surface area contributed by atoms with E-state index in [1.807, 2.05) is 11.8 Å². The summed E-state index contributed by atoms with van der Waals surface area (Å²) in [4.78, 5) is 26.9. The molecular formula is C18H24Cl3N3O2. The van der Waals surface area contributed by atoms with Crippen LogP contribution in [-0.2, 0) is 9.59 Å². The molecule has 2 aliphatic heterocycles. The molecule has 0 aromatic heterocycles. The fourth-order valence-electron chi connectivity index (χ4n) is 3.33. The van der Waals surface area contributed by atoms with Crippen molar-refractivity contribution in [3.8, 4) is 0 Å². The summed E-state index contributed by atoms with van der Waals surface area (Å²) in [6.45, 7) is 5.15. The average Bonchev–Trinajstić information content (AvgIpc) is 2.56. The number of halogens is 3. The first-order valence-corrected chi connectivity index (χ1v) is 9.46. The third kappa shape index (κ3) is 4.83. The predicted octanol–water partition coefficient (Wildman–Crippen LogP) is 3.45. The number of rotatable bonds is 4. The third-order valence-corrected chi connectivity index (χ3v) is 6.01. The molecule has 1 aromatic rings. The molecule has 2 N–H and O–H groups in total. The van der Waals surface area contributed by atoms with E-state index in [9.17, 15) is 9.59 Å². The number of anilines is 1. The van der Waals surface area contributed by atoms with Gasteiger partial charge in [0.15, 0.2) is 0 Å². The molecule has 5 nitrogen and oxygen atoms in total. The molecule has 2 aliphatic rings. The van der Waals surface area contributed by atoms with Crippen molar-refractivity contribution in [2.75, 3.05) is 31.5 Å². The van der Waals surface area contributed by atoms with Crippen molar-refractivity contribution in [3.05, 3.63) is 28.2 Å². The minimum Gasteiger partial charge on any atom is -0.342 e. The summed E-state index contributed by atoms with van der Waals surface area (Å²) in [6, 6.07) is 5.05. The molecule has 0 spiro atoms. The number of amides is 2. The van der Waals surface area contributed by atoms with Crippen molar-refractivity contribution in [3.63, 3.8) is 0 Å². The number of carbonyl (C=O) groups excluding carboxylic acids is 2. The van der Waals surface area contributed by atoms with Gasteiger partial charge in [0.25, 0.3) is 0 Å². The Kier molecular flexibility index (Phi) is 7.59. The fourth-order valence-corrected chi connectivity index (χ4v) is 3.63. The Hall–Kier alpha value is -1.01. The summed E-state index contributed by atoms with van der Waals surface area (Å²) in [6.07, 6.45) is 1.38. The van der Waals surface area contributed by atoms with E-state index in [1.165, 1.54) is 0 Å². The number of nitrogens with one attached hydrogen (secondary N) is 2. The zero-order chi connectivity index (χ0) is 18.0. The zero-order valence-electron chi connectivity index (χ0n) is 14.6. The Morgan fingerprint density at radius 3 is 2.38 bits per heavy atom. The van der Waals surface area contributed by atoms with Crippen molar-refractivity contribution >= 4 is 53.1 Å². The normalized spacial score (nSPS) is 19.3. The Morgan fingerprint density at radius 1 is 1.19 bits per heavy atom. The molecule has 8 heteroatoms. The quantitative estimate of drug-likeness (QED) is 0.784. The lowest BCUT2D eigenvalue weighted by Gasteiger charge is -2.37. The van der Waals surface area contributed by atoms with Gasteiger partial charge in [0.1, 0.15) is 0 Å². The number of carbonyl (C=O) groups is 2. The van der Waals surface area contributed by atoms with Gasteiger partial charge in [0.2, 0.25) is 11.8 Å². The molecule has 0 radical (unpaired) electrons. The van der Waals surface area contributed by atoms with Gasteiger partial charge < -0.3 is 15.5 Å². The van der Waals surface area contributed by atoms with Crippen LogP contribution in [0.5, 0.6) is 0 Å². The molecule has 2 amide bonds. The molecule has 0 saturated carbocycles. The van der Waals surface area contributed by atoms with Gasteiger partial charge in [0.05, 0.1) is 10.0 Å². The average molecular weight is 421 g/mol. The van der Waals surface area contributed by atoms with Crippen LogP contribution in [0, 0.1) is 17.8 Å².